The van der Waals surface area contributed by atoms with Crippen LogP contribution in [0.3, 0.4) is 0 Å². The molecule has 0 saturated heterocycles. The quantitative estimate of drug-likeness (QED) is 0.108. The first kappa shape index (κ1) is 35.8. The molecule has 1 aliphatic rings. The molecule has 0 heterocycles. The summed E-state index contributed by atoms with van der Waals surface area (Å²) in [4.78, 5) is 21.1. The van der Waals surface area contributed by atoms with Crippen LogP contribution in [0, 0.1) is 31.6 Å². The van der Waals surface area contributed by atoms with Gasteiger partial charge in [0.2, 0.25) is 0 Å². The van der Waals surface area contributed by atoms with Gasteiger partial charge in [0.15, 0.2) is 9.79 Å². The minimum absolute atomic E-state index is 0.111. The molecule has 50 heavy (non-hydrogen) atoms. The first-order chi connectivity index (χ1) is 23.9. The summed E-state index contributed by atoms with van der Waals surface area (Å²) in [7, 11) is -8.98. The topological polar surface area (TPSA) is 185 Å². The lowest BCUT2D eigenvalue weighted by Crippen LogP contribution is -2.33. The minimum atomic E-state index is -4.50. The molecule has 1 aliphatic carbocycles. The van der Waals surface area contributed by atoms with Crippen LogP contribution in [0.5, 0.6) is 0 Å². The van der Waals surface area contributed by atoms with Gasteiger partial charge in [0.1, 0.15) is 0 Å². The fourth-order valence-electron chi connectivity index (χ4n) is 5.57. The number of para-hydroxylation sites is 2. The van der Waals surface area contributed by atoms with Crippen molar-refractivity contribution in [3.63, 3.8) is 0 Å². The molecular weight excluding hydrogens is 683 g/mol. The lowest BCUT2D eigenvalue weighted by molar-refractivity contribution is -0.388. The number of nitro benzene ring substituents is 2. The molecule has 0 fully saturated rings. The largest absolute Gasteiger partial charge is 0.289 e. The van der Waals surface area contributed by atoms with Crippen LogP contribution >= 0.6 is 0 Å². The molecule has 4 aromatic carbocycles. The molecule has 0 N–H and O–H groups in total. The second-order valence-electron chi connectivity index (χ2n) is 11.4. The molecule has 0 amide bonds. The number of benzene rings is 4. The zero-order chi connectivity index (χ0) is 35.9. The third-order valence-corrected chi connectivity index (χ3v) is 11.6. The van der Waals surface area contributed by atoms with E-state index >= 15 is 0 Å². The number of hydrogen-bond donors (Lipinski definition) is 0. The van der Waals surface area contributed by atoms with E-state index in [-0.39, 0.29) is 31.7 Å². The summed E-state index contributed by atoms with van der Waals surface area (Å²) >= 11 is 0. The minimum Gasteiger partial charge on any atom is -0.258 e. The number of nitrogens with zero attached hydrogens (tertiary/aromatic N) is 5. The monoisotopic (exact) mass is 713 g/mol. The van der Waals surface area contributed by atoms with Gasteiger partial charge in [-0.2, -0.15) is 13.9 Å². The molecule has 0 saturated carbocycles. The Bertz CT molecular complexity index is 2250. The Balaban J connectivity index is 1.57. The molecule has 13 nitrogen and oxygen atoms in total. The molecule has 0 bridgehead atoms. The molecule has 0 atom stereocenters. The summed E-state index contributed by atoms with van der Waals surface area (Å²) in [6, 6.07) is 25.2. The maximum absolute atomic E-state index is 14.1. The maximum atomic E-state index is 14.1. The molecule has 15 heteroatoms. The Morgan fingerprint density at radius 1 is 0.640 bits per heavy atom. The molecule has 0 aliphatic heterocycles. The van der Waals surface area contributed by atoms with Crippen LogP contribution < -0.4 is 0 Å². The molecule has 0 unspecified atom stereocenters. The van der Waals surface area contributed by atoms with Gasteiger partial charge in [-0.15, -0.1) is 0 Å². The lowest BCUT2D eigenvalue weighted by atomic mass is 10.0. The summed E-state index contributed by atoms with van der Waals surface area (Å²) in [6.07, 6.45) is 7.04. The van der Waals surface area contributed by atoms with E-state index in [4.69, 9.17) is 0 Å². The summed E-state index contributed by atoms with van der Waals surface area (Å²) < 4.78 is 58.5. The number of sulfonamides is 2. The highest BCUT2D eigenvalue weighted by atomic mass is 32.2. The van der Waals surface area contributed by atoms with Crippen molar-refractivity contribution in [2.24, 2.45) is 0 Å². The predicted molar refractivity (Wildman–Crippen MR) is 184 cm³/mol. The highest BCUT2D eigenvalue weighted by Crippen LogP contribution is 2.31. The number of nitriles is 1. The highest BCUT2D eigenvalue weighted by Gasteiger charge is 2.34. The number of rotatable bonds is 14. The van der Waals surface area contributed by atoms with E-state index in [0.29, 0.717) is 28.7 Å². The van der Waals surface area contributed by atoms with Crippen molar-refractivity contribution in [1.82, 2.24) is 8.61 Å². The third kappa shape index (κ3) is 8.18. The molecular formula is C35H31N5O8S2. The number of hydrogen-bond acceptors (Lipinski definition) is 9. The smallest absolute Gasteiger partial charge is 0.258 e. The van der Waals surface area contributed by atoms with Gasteiger partial charge >= 0.3 is 0 Å². The first-order valence-electron chi connectivity index (χ1n) is 15.3. The fraction of sp³-hybridized carbons (Fsp3) is 0.171. The first-order valence-corrected chi connectivity index (χ1v) is 18.2. The molecule has 4 aromatic rings. The van der Waals surface area contributed by atoms with Gasteiger partial charge < -0.3 is 0 Å². The highest BCUT2D eigenvalue weighted by molar-refractivity contribution is 7.89. The standard InChI is InChI=1S/C35H31N5O8S2/c36-22-29-19-30(25-37(23-27-11-3-1-4-12-27)49(45,46)34-17-9-7-15-32(34)39(41)42)21-31(20-29)26-38(24-28-13-5-2-6-14-28)50(47,48)35-18-10-8-16-33(35)40(43)44/h1,3-5,7-21H,2,6,23-26H2. The summed E-state index contributed by atoms with van der Waals surface area (Å²) in [6.45, 7) is -0.919. The maximum Gasteiger partial charge on any atom is 0.289 e. The fourth-order valence-corrected chi connectivity index (χ4v) is 8.72. The zero-order valence-corrected chi connectivity index (χ0v) is 28.2. The molecule has 0 radical (unpaired) electrons. The van der Waals surface area contributed by atoms with Gasteiger partial charge in [-0.1, -0.05) is 78.9 Å². The SMILES string of the molecule is N#Cc1cc(CN(CC2=CCCC=C2)S(=O)(=O)c2ccccc2[N+](=O)[O-])cc(CN(Cc2ccccc2)S(=O)(=O)c2ccccc2[N+](=O)[O-])c1. The Hall–Kier alpha value is -5.53. The van der Waals surface area contributed by atoms with Crippen LogP contribution in [-0.4, -0.2) is 41.8 Å². The van der Waals surface area contributed by atoms with Gasteiger partial charge in [-0.3, -0.25) is 20.2 Å². The van der Waals surface area contributed by atoms with Gasteiger partial charge in [-0.25, -0.2) is 16.8 Å². The normalized spacial score (nSPS) is 13.2. The molecule has 0 spiro atoms. The molecule has 0 aromatic heterocycles. The molecule has 256 valence electrons. The predicted octanol–water partition coefficient (Wildman–Crippen LogP) is 6.23. The summed E-state index contributed by atoms with van der Waals surface area (Å²) in [5.74, 6) is 0. The van der Waals surface area contributed by atoms with E-state index in [1.807, 2.05) is 18.2 Å². The second kappa shape index (κ2) is 15.3. The van der Waals surface area contributed by atoms with Crippen molar-refractivity contribution in [3.8, 4) is 6.07 Å². The van der Waals surface area contributed by atoms with Crippen LogP contribution in [0.1, 0.15) is 35.1 Å². The van der Waals surface area contributed by atoms with E-state index < -0.39 is 51.1 Å². The van der Waals surface area contributed by atoms with Crippen LogP contribution in [0.15, 0.2) is 131 Å². The van der Waals surface area contributed by atoms with Gasteiger partial charge in [0, 0.05) is 38.3 Å². The third-order valence-electron chi connectivity index (χ3n) is 7.89. The van der Waals surface area contributed by atoms with Crippen molar-refractivity contribution in [3.05, 3.63) is 163 Å². The number of allylic oxidation sites excluding steroid dienone is 2. The van der Waals surface area contributed by atoms with Crippen LogP contribution in [0.25, 0.3) is 0 Å². The summed E-state index contributed by atoms with van der Waals surface area (Å²) in [5, 5.41) is 33.6. The molecule has 5 rings (SSSR count). The van der Waals surface area contributed by atoms with E-state index in [1.165, 1.54) is 36.4 Å². The Labute approximate surface area is 289 Å². The van der Waals surface area contributed by atoms with Crippen molar-refractivity contribution in [2.45, 2.75) is 42.3 Å². The van der Waals surface area contributed by atoms with Gasteiger partial charge in [0.25, 0.3) is 31.4 Å². The number of nitro groups is 2. The zero-order valence-electron chi connectivity index (χ0n) is 26.5. The van der Waals surface area contributed by atoms with Crippen LogP contribution in [0.4, 0.5) is 11.4 Å². The van der Waals surface area contributed by atoms with E-state index in [0.717, 1.165) is 39.3 Å². The van der Waals surface area contributed by atoms with Crippen molar-refractivity contribution in [1.29, 1.82) is 5.26 Å². The summed E-state index contributed by atoms with van der Waals surface area (Å²) in [5.41, 5.74) is 0.843. The van der Waals surface area contributed by atoms with Crippen molar-refractivity contribution < 1.29 is 26.7 Å². The Morgan fingerprint density at radius 2 is 1.12 bits per heavy atom. The van der Waals surface area contributed by atoms with Crippen LogP contribution in [0.2, 0.25) is 0 Å². The van der Waals surface area contributed by atoms with E-state index in [1.54, 1.807) is 42.5 Å². The van der Waals surface area contributed by atoms with E-state index in [9.17, 15) is 42.3 Å². The van der Waals surface area contributed by atoms with Gasteiger partial charge in [-0.05, 0) is 59.4 Å². The Kier molecular flexibility index (Phi) is 11.0. The second-order valence-corrected chi connectivity index (χ2v) is 15.2. The van der Waals surface area contributed by atoms with Crippen LogP contribution in [-0.2, 0) is 39.7 Å². The lowest BCUT2D eigenvalue weighted by Gasteiger charge is -2.25. The van der Waals surface area contributed by atoms with E-state index in [2.05, 4.69) is 0 Å². The Morgan fingerprint density at radius 3 is 1.60 bits per heavy atom. The average molecular weight is 714 g/mol. The van der Waals surface area contributed by atoms with Crippen molar-refractivity contribution in [2.75, 3.05) is 6.54 Å². The van der Waals surface area contributed by atoms with Gasteiger partial charge in [0.05, 0.1) is 21.5 Å². The average Bonchev–Trinajstić information content (AvgIpc) is 3.11. The van der Waals surface area contributed by atoms with Crippen molar-refractivity contribution >= 4 is 31.4 Å².